The summed E-state index contributed by atoms with van der Waals surface area (Å²) >= 11 is 5.97. The second kappa shape index (κ2) is 5.42. The topological polar surface area (TPSA) is 71.8 Å². The van der Waals surface area contributed by atoms with E-state index in [1.807, 2.05) is 24.3 Å². The molecule has 21 heavy (non-hydrogen) atoms. The van der Waals surface area contributed by atoms with E-state index < -0.39 is 5.91 Å². The van der Waals surface area contributed by atoms with Gasteiger partial charge in [0.25, 0.3) is 0 Å². The Kier molecular flexibility index (Phi) is 3.46. The molecule has 104 valence electrons. The van der Waals surface area contributed by atoms with Crippen molar-refractivity contribution >= 4 is 40.1 Å². The van der Waals surface area contributed by atoms with Gasteiger partial charge in [-0.2, -0.15) is 5.10 Å². The third-order valence-corrected chi connectivity index (χ3v) is 3.42. The second-order valence-electron chi connectivity index (χ2n) is 4.59. The van der Waals surface area contributed by atoms with E-state index in [9.17, 15) is 4.79 Å². The first-order chi connectivity index (χ1) is 10.1. The minimum Gasteiger partial charge on any atom is -0.366 e. The van der Waals surface area contributed by atoms with Crippen molar-refractivity contribution in [3.8, 4) is 0 Å². The van der Waals surface area contributed by atoms with Crippen LogP contribution in [0.3, 0.4) is 0 Å². The first-order valence-corrected chi connectivity index (χ1v) is 6.73. The zero-order chi connectivity index (χ0) is 14.8. The Bertz CT molecular complexity index is 851. The predicted octanol–water partition coefficient (Wildman–Crippen LogP) is 3.24. The van der Waals surface area contributed by atoms with Gasteiger partial charge in [0.2, 0.25) is 5.91 Å². The number of aromatic amines is 1. The molecule has 0 saturated carbocycles. The summed E-state index contributed by atoms with van der Waals surface area (Å²) in [6, 6.07) is 14.7. The largest absolute Gasteiger partial charge is 0.366 e. The van der Waals surface area contributed by atoms with E-state index in [4.69, 9.17) is 17.3 Å². The predicted molar refractivity (Wildman–Crippen MR) is 84.6 cm³/mol. The number of benzene rings is 2. The number of rotatable bonds is 3. The molecule has 4 nitrogen and oxygen atoms in total. The number of amides is 1. The van der Waals surface area contributed by atoms with Crippen LogP contribution in [0.1, 0.15) is 11.3 Å². The second-order valence-corrected chi connectivity index (χ2v) is 5.02. The van der Waals surface area contributed by atoms with Gasteiger partial charge < -0.3 is 5.73 Å². The van der Waals surface area contributed by atoms with Crippen LogP contribution >= 0.6 is 11.6 Å². The van der Waals surface area contributed by atoms with Gasteiger partial charge in [0, 0.05) is 16.0 Å². The smallest absolute Gasteiger partial charge is 0.249 e. The lowest BCUT2D eigenvalue weighted by Crippen LogP contribution is -2.12. The molecule has 1 amide bonds. The standard InChI is InChI=1S/C16H12ClN3O/c17-11-5-3-4-10(8-11)13(16(18)21)9-15-12-6-1-2-7-14(12)19-20-15/h1-9H,(H2,18,21)(H,19,20). The van der Waals surface area contributed by atoms with E-state index in [0.717, 1.165) is 16.6 Å². The van der Waals surface area contributed by atoms with Crippen LogP contribution in [0.2, 0.25) is 5.02 Å². The minimum atomic E-state index is -0.518. The van der Waals surface area contributed by atoms with Gasteiger partial charge in [0.05, 0.1) is 11.2 Å². The van der Waals surface area contributed by atoms with Gasteiger partial charge in [0.15, 0.2) is 0 Å². The van der Waals surface area contributed by atoms with Crippen molar-refractivity contribution < 1.29 is 4.79 Å². The fourth-order valence-corrected chi connectivity index (χ4v) is 2.38. The van der Waals surface area contributed by atoms with Crippen molar-refractivity contribution in [1.29, 1.82) is 0 Å². The number of carbonyl (C=O) groups is 1. The van der Waals surface area contributed by atoms with Crippen molar-refractivity contribution in [1.82, 2.24) is 10.2 Å². The molecule has 0 atom stereocenters. The molecule has 0 unspecified atom stereocenters. The third-order valence-electron chi connectivity index (χ3n) is 3.18. The summed E-state index contributed by atoms with van der Waals surface area (Å²) in [4.78, 5) is 11.8. The van der Waals surface area contributed by atoms with E-state index in [-0.39, 0.29) is 0 Å². The van der Waals surface area contributed by atoms with Crippen molar-refractivity contribution in [2.45, 2.75) is 0 Å². The van der Waals surface area contributed by atoms with Crippen molar-refractivity contribution in [2.75, 3.05) is 0 Å². The quantitative estimate of drug-likeness (QED) is 0.728. The molecule has 2 aromatic carbocycles. The van der Waals surface area contributed by atoms with Crippen molar-refractivity contribution in [3.63, 3.8) is 0 Å². The SMILES string of the molecule is NC(=O)C(=Cc1[nH]nc2ccccc12)c1cccc(Cl)c1. The van der Waals surface area contributed by atoms with E-state index in [2.05, 4.69) is 10.2 Å². The highest BCUT2D eigenvalue weighted by Gasteiger charge is 2.11. The first kappa shape index (κ1) is 13.4. The lowest BCUT2D eigenvalue weighted by molar-refractivity contribution is -0.112. The molecule has 1 aromatic heterocycles. The molecular formula is C16H12ClN3O. The summed E-state index contributed by atoms with van der Waals surface area (Å²) in [6.45, 7) is 0. The first-order valence-electron chi connectivity index (χ1n) is 6.36. The minimum absolute atomic E-state index is 0.381. The lowest BCUT2D eigenvalue weighted by atomic mass is 10.0. The number of nitrogens with zero attached hydrogens (tertiary/aromatic N) is 1. The summed E-state index contributed by atoms with van der Waals surface area (Å²) in [6.07, 6.45) is 1.70. The summed E-state index contributed by atoms with van der Waals surface area (Å²) in [7, 11) is 0. The van der Waals surface area contributed by atoms with E-state index >= 15 is 0 Å². The highest BCUT2D eigenvalue weighted by atomic mass is 35.5. The molecule has 0 fully saturated rings. The number of nitrogens with two attached hydrogens (primary N) is 1. The molecule has 0 radical (unpaired) electrons. The Balaban J connectivity index is 2.15. The fraction of sp³-hybridized carbons (Fsp3) is 0. The number of aromatic nitrogens is 2. The van der Waals surface area contributed by atoms with Gasteiger partial charge in [-0.3, -0.25) is 9.89 Å². The molecule has 0 aliphatic rings. The van der Waals surface area contributed by atoms with Gasteiger partial charge in [0.1, 0.15) is 0 Å². The molecule has 3 N–H and O–H groups in total. The Morgan fingerprint density at radius 3 is 2.76 bits per heavy atom. The zero-order valence-electron chi connectivity index (χ0n) is 11.0. The lowest BCUT2D eigenvalue weighted by Gasteiger charge is -2.04. The van der Waals surface area contributed by atoms with Crippen LogP contribution in [0.25, 0.3) is 22.6 Å². The van der Waals surface area contributed by atoms with Crippen molar-refractivity contribution in [2.24, 2.45) is 5.73 Å². The van der Waals surface area contributed by atoms with E-state index in [1.54, 1.807) is 30.3 Å². The average molecular weight is 298 g/mol. The van der Waals surface area contributed by atoms with Gasteiger partial charge in [-0.05, 0) is 29.8 Å². The molecule has 1 heterocycles. The maximum Gasteiger partial charge on any atom is 0.249 e. The number of hydrogen-bond acceptors (Lipinski definition) is 2. The molecule has 0 aliphatic heterocycles. The monoisotopic (exact) mass is 297 g/mol. The van der Waals surface area contributed by atoms with Crippen LogP contribution in [-0.2, 0) is 4.79 Å². The molecular weight excluding hydrogens is 286 g/mol. The maximum absolute atomic E-state index is 11.8. The number of para-hydroxylation sites is 1. The zero-order valence-corrected chi connectivity index (χ0v) is 11.8. The van der Waals surface area contributed by atoms with Crippen LogP contribution in [0, 0.1) is 0 Å². The van der Waals surface area contributed by atoms with Gasteiger partial charge in [-0.25, -0.2) is 0 Å². The van der Waals surface area contributed by atoms with Gasteiger partial charge >= 0.3 is 0 Å². The number of H-pyrrole nitrogens is 1. The highest BCUT2D eigenvalue weighted by molar-refractivity contribution is 6.31. The Labute approximate surface area is 126 Å². The van der Waals surface area contributed by atoms with Crippen LogP contribution in [0.15, 0.2) is 48.5 Å². The molecule has 3 rings (SSSR count). The maximum atomic E-state index is 11.8. The van der Waals surface area contributed by atoms with Crippen LogP contribution < -0.4 is 5.73 Å². The number of primary amides is 1. The van der Waals surface area contributed by atoms with Gasteiger partial charge in [-0.1, -0.05) is 41.9 Å². The summed E-state index contributed by atoms with van der Waals surface area (Å²) in [5, 5.41) is 8.59. The van der Waals surface area contributed by atoms with Gasteiger partial charge in [-0.15, -0.1) is 0 Å². The molecule has 0 spiro atoms. The van der Waals surface area contributed by atoms with Crippen LogP contribution in [0.5, 0.6) is 0 Å². The molecule has 3 aromatic rings. The Morgan fingerprint density at radius 2 is 2.00 bits per heavy atom. The van der Waals surface area contributed by atoms with Crippen molar-refractivity contribution in [3.05, 3.63) is 64.8 Å². The highest BCUT2D eigenvalue weighted by Crippen LogP contribution is 2.24. The molecule has 0 aliphatic carbocycles. The number of nitrogens with one attached hydrogen (secondary N) is 1. The van der Waals surface area contributed by atoms with Crippen LogP contribution in [0.4, 0.5) is 0 Å². The molecule has 0 bridgehead atoms. The van der Waals surface area contributed by atoms with E-state index in [0.29, 0.717) is 16.2 Å². The summed E-state index contributed by atoms with van der Waals surface area (Å²) in [5.41, 5.74) is 8.12. The fourth-order valence-electron chi connectivity index (χ4n) is 2.19. The Morgan fingerprint density at radius 1 is 1.19 bits per heavy atom. The molecule has 0 saturated heterocycles. The summed E-state index contributed by atoms with van der Waals surface area (Å²) < 4.78 is 0. The number of halogens is 1. The van der Waals surface area contributed by atoms with Crippen LogP contribution in [-0.4, -0.2) is 16.1 Å². The number of carbonyl (C=O) groups excluding carboxylic acids is 1. The Hall–Kier alpha value is -2.59. The normalized spacial score (nSPS) is 11.8. The summed E-state index contributed by atoms with van der Waals surface area (Å²) in [5.74, 6) is -0.518. The molecule has 5 heteroatoms. The third kappa shape index (κ3) is 2.66. The number of fused-ring (bicyclic) bond motifs is 1. The van der Waals surface area contributed by atoms with E-state index in [1.165, 1.54) is 0 Å². The number of hydrogen-bond donors (Lipinski definition) is 2. The average Bonchev–Trinajstić information content (AvgIpc) is 2.87.